The summed E-state index contributed by atoms with van der Waals surface area (Å²) in [6.45, 7) is 9.70. The lowest BCUT2D eigenvalue weighted by atomic mass is 10.0. The molecule has 1 fully saturated rings. The first kappa shape index (κ1) is 12.4. The average molecular weight is 233 g/mol. The molecule has 1 aromatic carbocycles. The van der Waals surface area contributed by atoms with Crippen LogP contribution in [-0.4, -0.2) is 32.7 Å². The third-order valence-corrected chi connectivity index (χ3v) is 3.47. The standard InChI is InChI=1S/C14H23N3/c1-3-17(4-2)13-7-5-12(6-8-13)14-11-15-9-10-16-14/h5-8,14-16H,3-4,9-11H2,1-2H3/t14-/m1/s1. The van der Waals surface area contributed by atoms with Crippen LogP contribution in [0.25, 0.3) is 0 Å². The molecule has 17 heavy (non-hydrogen) atoms. The van der Waals surface area contributed by atoms with Crippen molar-refractivity contribution in [2.45, 2.75) is 19.9 Å². The van der Waals surface area contributed by atoms with Crippen molar-refractivity contribution in [2.75, 3.05) is 37.6 Å². The molecule has 1 aliphatic rings. The lowest BCUT2D eigenvalue weighted by molar-refractivity contribution is 0.430. The summed E-state index contributed by atoms with van der Waals surface area (Å²) in [6.07, 6.45) is 0. The van der Waals surface area contributed by atoms with Crippen LogP contribution in [0.4, 0.5) is 5.69 Å². The van der Waals surface area contributed by atoms with Crippen molar-refractivity contribution in [1.82, 2.24) is 10.6 Å². The lowest BCUT2D eigenvalue weighted by Gasteiger charge is -2.26. The predicted octanol–water partition coefficient (Wildman–Crippen LogP) is 1.77. The average Bonchev–Trinajstić information content (AvgIpc) is 2.42. The van der Waals surface area contributed by atoms with E-state index in [9.17, 15) is 0 Å². The monoisotopic (exact) mass is 233 g/mol. The molecule has 1 heterocycles. The van der Waals surface area contributed by atoms with Crippen LogP contribution in [0.1, 0.15) is 25.5 Å². The van der Waals surface area contributed by atoms with Crippen molar-refractivity contribution in [3.8, 4) is 0 Å². The normalized spacial score (nSPS) is 20.2. The van der Waals surface area contributed by atoms with Gasteiger partial charge in [-0.1, -0.05) is 12.1 Å². The van der Waals surface area contributed by atoms with E-state index in [1.807, 2.05) is 0 Å². The fourth-order valence-corrected chi connectivity index (χ4v) is 2.40. The van der Waals surface area contributed by atoms with E-state index in [-0.39, 0.29) is 0 Å². The van der Waals surface area contributed by atoms with Gasteiger partial charge in [-0.3, -0.25) is 0 Å². The zero-order chi connectivity index (χ0) is 12.1. The molecular weight excluding hydrogens is 210 g/mol. The van der Waals surface area contributed by atoms with Gasteiger partial charge in [-0.05, 0) is 31.5 Å². The Hall–Kier alpha value is -1.06. The van der Waals surface area contributed by atoms with E-state index < -0.39 is 0 Å². The van der Waals surface area contributed by atoms with Crippen molar-refractivity contribution < 1.29 is 0 Å². The van der Waals surface area contributed by atoms with Crippen molar-refractivity contribution in [3.63, 3.8) is 0 Å². The number of hydrogen-bond acceptors (Lipinski definition) is 3. The van der Waals surface area contributed by atoms with Gasteiger partial charge in [-0.15, -0.1) is 0 Å². The van der Waals surface area contributed by atoms with Crippen molar-refractivity contribution in [1.29, 1.82) is 0 Å². The fraction of sp³-hybridized carbons (Fsp3) is 0.571. The molecule has 0 aliphatic carbocycles. The number of benzene rings is 1. The number of rotatable bonds is 4. The van der Waals surface area contributed by atoms with E-state index in [1.54, 1.807) is 0 Å². The Labute approximate surface area is 104 Å². The maximum atomic E-state index is 3.54. The summed E-state index contributed by atoms with van der Waals surface area (Å²) in [6, 6.07) is 9.43. The molecule has 2 rings (SSSR count). The summed E-state index contributed by atoms with van der Waals surface area (Å²) in [5.74, 6) is 0. The SMILES string of the molecule is CCN(CC)c1ccc([C@H]2CNCCN2)cc1. The Kier molecular flexibility index (Phi) is 4.40. The molecule has 1 aromatic rings. The van der Waals surface area contributed by atoms with Gasteiger partial charge in [-0.2, -0.15) is 0 Å². The minimum atomic E-state index is 0.467. The fourth-order valence-electron chi connectivity index (χ4n) is 2.40. The Morgan fingerprint density at radius 2 is 1.82 bits per heavy atom. The zero-order valence-electron chi connectivity index (χ0n) is 10.9. The molecule has 3 nitrogen and oxygen atoms in total. The molecule has 1 saturated heterocycles. The van der Waals surface area contributed by atoms with E-state index in [0.717, 1.165) is 32.7 Å². The zero-order valence-corrected chi connectivity index (χ0v) is 10.9. The number of piperazine rings is 1. The summed E-state index contributed by atoms with van der Waals surface area (Å²) in [5, 5.41) is 6.96. The van der Waals surface area contributed by atoms with Gasteiger partial charge >= 0.3 is 0 Å². The largest absolute Gasteiger partial charge is 0.372 e. The molecule has 1 aliphatic heterocycles. The van der Waals surface area contributed by atoms with Crippen molar-refractivity contribution >= 4 is 5.69 Å². The van der Waals surface area contributed by atoms with Gasteiger partial charge in [0.1, 0.15) is 0 Å². The van der Waals surface area contributed by atoms with Gasteiger partial charge in [0.15, 0.2) is 0 Å². The molecule has 0 radical (unpaired) electrons. The van der Waals surface area contributed by atoms with Crippen LogP contribution in [0, 0.1) is 0 Å². The molecule has 0 saturated carbocycles. The highest BCUT2D eigenvalue weighted by molar-refractivity contribution is 5.47. The van der Waals surface area contributed by atoms with E-state index in [4.69, 9.17) is 0 Å². The van der Waals surface area contributed by atoms with Gasteiger partial charge < -0.3 is 15.5 Å². The topological polar surface area (TPSA) is 27.3 Å². The molecule has 0 unspecified atom stereocenters. The van der Waals surface area contributed by atoms with Crippen molar-refractivity contribution in [3.05, 3.63) is 29.8 Å². The highest BCUT2D eigenvalue weighted by Crippen LogP contribution is 2.19. The molecular formula is C14H23N3. The smallest absolute Gasteiger partial charge is 0.0447 e. The third kappa shape index (κ3) is 2.99. The summed E-state index contributed by atoms with van der Waals surface area (Å²) in [5.41, 5.74) is 2.70. The molecule has 3 heteroatoms. The van der Waals surface area contributed by atoms with Crippen LogP contribution in [0.5, 0.6) is 0 Å². The van der Waals surface area contributed by atoms with E-state index in [1.165, 1.54) is 11.3 Å². The van der Waals surface area contributed by atoms with E-state index in [0.29, 0.717) is 6.04 Å². The maximum Gasteiger partial charge on any atom is 0.0447 e. The second kappa shape index (κ2) is 6.03. The van der Waals surface area contributed by atoms with Crippen molar-refractivity contribution in [2.24, 2.45) is 0 Å². The van der Waals surface area contributed by atoms with E-state index >= 15 is 0 Å². The highest BCUT2D eigenvalue weighted by Gasteiger charge is 2.14. The quantitative estimate of drug-likeness (QED) is 0.830. The van der Waals surface area contributed by atoms with Gasteiger partial charge in [0.25, 0.3) is 0 Å². The second-order valence-electron chi connectivity index (χ2n) is 4.47. The van der Waals surface area contributed by atoms with Crippen LogP contribution in [0.3, 0.4) is 0 Å². The molecule has 0 aromatic heterocycles. The minimum Gasteiger partial charge on any atom is -0.372 e. The van der Waals surface area contributed by atoms with Gasteiger partial charge in [0, 0.05) is 44.5 Å². The third-order valence-electron chi connectivity index (χ3n) is 3.47. The van der Waals surface area contributed by atoms with Crippen LogP contribution in [0.15, 0.2) is 24.3 Å². The predicted molar refractivity (Wildman–Crippen MR) is 73.6 cm³/mol. The first-order chi connectivity index (χ1) is 8.35. The molecule has 0 spiro atoms. The Morgan fingerprint density at radius 1 is 1.12 bits per heavy atom. The Bertz CT molecular complexity index is 324. The van der Waals surface area contributed by atoms with Crippen LogP contribution < -0.4 is 15.5 Å². The molecule has 94 valence electrons. The van der Waals surface area contributed by atoms with Crippen LogP contribution >= 0.6 is 0 Å². The number of nitrogens with one attached hydrogen (secondary N) is 2. The lowest BCUT2D eigenvalue weighted by Crippen LogP contribution is -2.42. The van der Waals surface area contributed by atoms with Gasteiger partial charge in [0.05, 0.1) is 0 Å². The van der Waals surface area contributed by atoms with Gasteiger partial charge in [-0.25, -0.2) is 0 Å². The first-order valence-corrected chi connectivity index (χ1v) is 6.64. The highest BCUT2D eigenvalue weighted by atomic mass is 15.1. The molecule has 2 N–H and O–H groups in total. The summed E-state index contributed by atoms with van der Waals surface area (Å²) in [7, 11) is 0. The van der Waals surface area contributed by atoms with Crippen LogP contribution in [0.2, 0.25) is 0 Å². The van der Waals surface area contributed by atoms with E-state index in [2.05, 4.69) is 53.6 Å². The molecule has 0 bridgehead atoms. The molecule has 1 atom stereocenters. The minimum absolute atomic E-state index is 0.467. The molecule has 0 amide bonds. The van der Waals surface area contributed by atoms with Crippen LogP contribution in [-0.2, 0) is 0 Å². The number of nitrogens with zero attached hydrogens (tertiary/aromatic N) is 1. The first-order valence-electron chi connectivity index (χ1n) is 6.64. The van der Waals surface area contributed by atoms with Gasteiger partial charge in [0.2, 0.25) is 0 Å². The summed E-state index contributed by atoms with van der Waals surface area (Å²) in [4.78, 5) is 2.37. The second-order valence-corrected chi connectivity index (χ2v) is 4.47. The summed E-state index contributed by atoms with van der Waals surface area (Å²) < 4.78 is 0. The Balaban J connectivity index is 2.06. The maximum absolute atomic E-state index is 3.54. The number of anilines is 1. The number of hydrogen-bond donors (Lipinski definition) is 2. The summed E-state index contributed by atoms with van der Waals surface area (Å²) >= 11 is 0. The Morgan fingerprint density at radius 3 is 2.35 bits per heavy atom.